The highest BCUT2D eigenvalue weighted by Crippen LogP contribution is 1.68. The monoisotopic (exact) mass is 85.1 g/mol. The highest BCUT2D eigenvalue weighted by atomic mass is 16.7. The summed E-state index contributed by atoms with van der Waals surface area (Å²) in [5.41, 5.74) is 0. The molecule has 0 heterocycles. The minimum atomic E-state index is 1.44. The van der Waals surface area contributed by atoms with Crippen LogP contribution in [-0.2, 0) is 4.84 Å². The van der Waals surface area contributed by atoms with Gasteiger partial charge < -0.3 is 4.84 Å². The van der Waals surface area contributed by atoms with Crippen LogP contribution in [0.4, 0.5) is 0 Å². The first-order chi connectivity index (χ1) is 2.77. The summed E-state index contributed by atoms with van der Waals surface area (Å²) < 4.78 is 0. The maximum Gasteiger partial charge on any atom is 0.134 e. The van der Waals surface area contributed by atoms with E-state index >= 15 is 0 Å². The summed E-state index contributed by atoms with van der Waals surface area (Å²) in [5, 5.41) is 1.44. The third-order valence-corrected chi connectivity index (χ3v) is 0.235. The lowest BCUT2D eigenvalue weighted by atomic mass is 11.2. The first kappa shape index (κ1) is 5.32. The van der Waals surface area contributed by atoms with E-state index in [-0.39, 0.29) is 0 Å². The number of hydroxylamine groups is 2. The summed E-state index contributed by atoms with van der Waals surface area (Å²) in [7, 11) is 3.44. The van der Waals surface area contributed by atoms with Crippen molar-refractivity contribution in [1.82, 2.24) is 5.06 Å². The predicted molar refractivity (Wildman–Crippen MR) is 23.6 cm³/mol. The Morgan fingerprint density at radius 2 is 2.17 bits per heavy atom. The van der Waals surface area contributed by atoms with Gasteiger partial charge in [0.2, 0.25) is 0 Å². The van der Waals surface area contributed by atoms with Crippen molar-refractivity contribution >= 4 is 0 Å². The van der Waals surface area contributed by atoms with E-state index in [0.717, 1.165) is 0 Å². The second kappa shape index (κ2) is 2.55. The van der Waals surface area contributed by atoms with E-state index in [1.165, 1.54) is 5.06 Å². The topological polar surface area (TPSA) is 12.5 Å². The summed E-state index contributed by atoms with van der Waals surface area (Å²) in [6, 6.07) is 0. The third-order valence-electron chi connectivity index (χ3n) is 0.235. The van der Waals surface area contributed by atoms with Gasteiger partial charge in [0.15, 0.2) is 0 Å². The standard InChI is InChI=1S/C4H7NO/c1-4-6-5(2)3/h1H,2-3H3. The van der Waals surface area contributed by atoms with Crippen molar-refractivity contribution in [1.29, 1.82) is 0 Å². The van der Waals surface area contributed by atoms with Gasteiger partial charge in [-0.2, -0.15) is 0 Å². The van der Waals surface area contributed by atoms with Crippen molar-refractivity contribution < 1.29 is 4.84 Å². The van der Waals surface area contributed by atoms with Crippen LogP contribution in [0.15, 0.2) is 0 Å². The Morgan fingerprint density at radius 3 is 2.17 bits per heavy atom. The van der Waals surface area contributed by atoms with E-state index in [4.69, 9.17) is 6.42 Å². The molecule has 0 saturated carbocycles. The smallest absolute Gasteiger partial charge is 0.134 e. The molecule has 0 aromatic heterocycles. The Bertz CT molecular complexity index is 62.4. The van der Waals surface area contributed by atoms with E-state index in [9.17, 15) is 0 Å². The van der Waals surface area contributed by atoms with Gasteiger partial charge in [-0.25, -0.2) is 0 Å². The van der Waals surface area contributed by atoms with Crippen molar-refractivity contribution in [3.8, 4) is 12.5 Å². The molecule has 2 nitrogen and oxygen atoms in total. The fraction of sp³-hybridized carbons (Fsp3) is 0.500. The Hall–Kier alpha value is -0.680. The number of terminal acetylenes is 1. The quantitative estimate of drug-likeness (QED) is 0.330. The van der Waals surface area contributed by atoms with Crippen LogP contribution >= 0.6 is 0 Å². The molecular formula is C4H7NO. The molecule has 0 fully saturated rings. The average Bonchev–Trinajstić information content (AvgIpc) is 1.35. The van der Waals surface area contributed by atoms with Crippen LogP contribution in [0.2, 0.25) is 0 Å². The summed E-state index contributed by atoms with van der Waals surface area (Å²) in [4.78, 5) is 4.40. The highest BCUT2D eigenvalue weighted by molar-refractivity contribution is 4.66. The molecule has 0 unspecified atom stereocenters. The zero-order chi connectivity index (χ0) is 4.99. The lowest BCUT2D eigenvalue weighted by Gasteiger charge is -2.00. The Morgan fingerprint density at radius 1 is 1.67 bits per heavy atom. The van der Waals surface area contributed by atoms with Gasteiger partial charge >= 0.3 is 0 Å². The van der Waals surface area contributed by atoms with Gasteiger partial charge in [0.1, 0.15) is 6.11 Å². The first-order valence-corrected chi connectivity index (χ1v) is 1.57. The number of hydrogen-bond donors (Lipinski definition) is 0. The van der Waals surface area contributed by atoms with Crippen molar-refractivity contribution in [2.24, 2.45) is 0 Å². The number of nitrogens with zero attached hydrogens (tertiary/aromatic N) is 1. The van der Waals surface area contributed by atoms with Gasteiger partial charge in [-0.15, -0.1) is 5.06 Å². The van der Waals surface area contributed by atoms with Crippen LogP contribution < -0.4 is 0 Å². The fourth-order valence-corrected chi connectivity index (χ4v) is 0.105. The van der Waals surface area contributed by atoms with Crippen molar-refractivity contribution in [3.05, 3.63) is 0 Å². The molecule has 0 spiro atoms. The van der Waals surface area contributed by atoms with E-state index in [1.54, 1.807) is 14.1 Å². The molecule has 0 radical (unpaired) electrons. The second-order valence-corrected chi connectivity index (χ2v) is 1.02. The number of rotatable bonds is 1. The summed E-state index contributed by atoms with van der Waals surface area (Å²) >= 11 is 0. The van der Waals surface area contributed by atoms with E-state index in [1.807, 2.05) is 6.11 Å². The maximum atomic E-state index is 4.72. The highest BCUT2D eigenvalue weighted by Gasteiger charge is 1.74. The largest absolute Gasteiger partial charge is 0.354 e. The summed E-state index contributed by atoms with van der Waals surface area (Å²) in [6.45, 7) is 0. The molecule has 0 aliphatic rings. The molecule has 0 aliphatic heterocycles. The fourth-order valence-electron chi connectivity index (χ4n) is 0.105. The molecule has 6 heavy (non-hydrogen) atoms. The second-order valence-electron chi connectivity index (χ2n) is 1.02. The van der Waals surface area contributed by atoms with Gasteiger partial charge in [0.05, 0.1) is 0 Å². The van der Waals surface area contributed by atoms with E-state index in [2.05, 4.69) is 4.84 Å². The molecule has 0 aliphatic carbocycles. The van der Waals surface area contributed by atoms with Gasteiger partial charge in [-0.3, -0.25) is 0 Å². The normalized spacial score (nSPS) is 7.67. The van der Waals surface area contributed by atoms with Crippen molar-refractivity contribution in [2.75, 3.05) is 14.1 Å². The van der Waals surface area contributed by atoms with Crippen molar-refractivity contribution in [3.63, 3.8) is 0 Å². The van der Waals surface area contributed by atoms with Crippen LogP contribution in [0.25, 0.3) is 0 Å². The van der Waals surface area contributed by atoms with E-state index < -0.39 is 0 Å². The molecular weight excluding hydrogens is 78.0 g/mol. The lowest BCUT2D eigenvalue weighted by molar-refractivity contribution is -0.0367. The first-order valence-electron chi connectivity index (χ1n) is 1.57. The Balaban J connectivity index is 2.88. The zero-order valence-corrected chi connectivity index (χ0v) is 3.93. The Labute approximate surface area is 37.7 Å². The molecule has 0 atom stereocenters. The lowest BCUT2D eigenvalue weighted by Crippen LogP contribution is -2.07. The predicted octanol–water partition coefficient (Wildman–Crippen LogP) is 0.0703. The van der Waals surface area contributed by atoms with Crippen molar-refractivity contribution in [2.45, 2.75) is 0 Å². The summed E-state index contributed by atoms with van der Waals surface area (Å²) in [5.74, 6) is 0. The molecule has 0 N–H and O–H groups in total. The van der Waals surface area contributed by atoms with Crippen LogP contribution in [0.3, 0.4) is 0 Å². The third kappa shape index (κ3) is 3.32. The molecule has 0 amide bonds. The average molecular weight is 85.1 g/mol. The SMILES string of the molecule is C#CON(C)C. The molecule has 34 valence electrons. The van der Waals surface area contributed by atoms with Gasteiger partial charge in [0, 0.05) is 14.1 Å². The van der Waals surface area contributed by atoms with Gasteiger partial charge in [-0.05, 0) is 0 Å². The zero-order valence-electron chi connectivity index (χ0n) is 3.93. The summed E-state index contributed by atoms with van der Waals surface area (Å²) in [6.07, 6.45) is 6.71. The molecule has 0 rings (SSSR count). The van der Waals surface area contributed by atoms with Crippen LogP contribution in [-0.4, -0.2) is 19.2 Å². The Kier molecular flexibility index (Phi) is 2.26. The van der Waals surface area contributed by atoms with Crippen LogP contribution in [0.5, 0.6) is 0 Å². The molecule has 2 heteroatoms. The maximum absolute atomic E-state index is 4.72. The number of hydrogen-bond acceptors (Lipinski definition) is 2. The van der Waals surface area contributed by atoms with Gasteiger partial charge in [0.25, 0.3) is 0 Å². The van der Waals surface area contributed by atoms with Gasteiger partial charge in [-0.1, -0.05) is 6.42 Å². The van der Waals surface area contributed by atoms with Crippen LogP contribution in [0.1, 0.15) is 0 Å². The molecule has 0 aromatic carbocycles. The van der Waals surface area contributed by atoms with Crippen LogP contribution in [0, 0.1) is 12.5 Å². The van der Waals surface area contributed by atoms with E-state index in [0.29, 0.717) is 0 Å². The molecule has 0 aromatic rings. The molecule has 0 bridgehead atoms. The molecule has 0 saturated heterocycles. The minimum Gasteiger partial charge on any atom is -0.354 e. The minimum absolute atomic E-state index is 1.44.